The molecule has 4 nitrogen and oxygen atoms in total. The van der Waals surface area contributed by atoms with Crippen molar-refractivity contribution in [2.24, 2.45) is 0 Å². The van der Waals surface area contributed by atoms with Crippen molar-refractivity contribution in [2.75, 3.05) is 18.8 Å². The van der Waals surface area contributed by atoms with Crippen LogP contribution in [-0.4, -0.2) is 35.6 Å². The molecule has 2 aromatic rings. The van der Waals surface area contributed by atoms with E-state index in [0.29, 0.717) is 24.2 Å². The lowest BCUT2D eigenvalue weighted by Crippen LogP contribution is -2.40. The number of nitrogens with two attached hydrogens (primary N) is 1. The lowest BCUT2D eigenvalue weighted by Gasteiger charge is -2.37. The predicted octanol–water partition coefficient (Wildman–Crippen LogP) is 3.18. The Labute approximate surface area is 139 Å². The van der Waals surface area contributed by atoms with Crippen molar-refractivity contribution in [3.8, 4) is 0 Å². The average Bonchev–Trinajstić information content (AvgIpc) is 2.55. The molecule has 0 aliphatic carbocycles. The summed E-state index contributed by atoms with van der Waals surface area (Å²) in [6.45, 7) is 2.13. The van der Waals surface area contributed by atoms with Crippen molar-refractivity contribution in [3.05, 3.63) is 58.4 Å². The summed E-state index contributed by atoms with van der Waals surface area (Å²) in [5.41, 5.74) is 10.8. The van der Waals surface area contributed by atoms with Gasteiger partial charge in [0.1, 0.15) is 0 Å². The molecule has 0 saturated carbocycles. The minimum absolute atomic E-state index is 0.302. The van der Waals surface area contributed by atoms with E-state index in [9.17, 15) is 8.78 Å². The number of benzene rings is 1. The zero-order valence-corrected chi connectivity index (χ0v) is 13.5. The molecule has 1 aromatic carbocycles. The van der Waals surface area contributed by atoms with Gasteiger partial charge in [-0.3, -0.25) is 9.88 Å². The van der Waals surface area contributed by atoms with E-state index in [2.05, 4.69) is 4.98 Å². The summed E-state index contributed by atoms with van der Waals surface area (Å²) in [4.78, 5) is 6.22. The number of nitrogens with zero attached hydrogens (tertiary/aromatic N) is 2. The molecule has 1 aliphatic rings. The van der Waals surface area contributed by atoms with Gasteiger partial charge in [0.2, 0.25) is 0 Å². The third-order valence-corrected chi connectivity index (χ3v) is 4.47. The maximum absolute atomic E-state index is 13.0. The van der Waals surface area contributed by atoms with E-state index < -0.39 is 6.43 Å². The lowest BCUT2D eigenvalue weighted by atomic mass is 9.86. The number of hydrogen-bond donors (Lipinski definition) is 2. The largest absolute Gasteiger partial charge is 0.398 e. The maximum Gasteiger partial charge on any atom is 0.251 e. The molecule has 0 bridgehead atoms. The highest BCUT2D eigenvalue weighted by molar-refractivity contribution is 5.88. The number of alkyl halides is 2. The van der Waals surface area contributed by atoms with Crippen LogP contribution in [0, 0.1) is 12.3 Å². The Morgan fingerprint density at radius 1 is 1.38 bits per heavy atom. The first-order chi connectivity index (χ1) is 11.5. The summed E-state index contributed by atoms with van der Waals surface area (Å²) in [6.07, 6.45) is 1.19. The standard InChI is InChI=1S/C18H20F2N4/c1-11-2-5-16(23-9-11)18-13-3-4-15(22)14(8-21)12(13)6-7-24(18)10-17(19)20/h2-5,8-9,17-18,21H,6-7,10,22H2,1H3. The first kappa shape index (κ1) is 16.5. The van der Waals surface area contributed by atoms with E-state index in [1.54, 1.807) is 17.2 Å². The summed E-state index contributed by atoms with van der Waals surface area (Å²) in [5.74, 6) is 0. The van der Waals surface area contributed by atoms with Gasteiger partial charge in [-0.05, 0) is 42.2 Å². The molecule has 24 heavy (non-hydrogen) atoms. The molecule has 0 fully saturated rings. The zero-order valence-electron chi connectivity index (χ0n) is 13.5. The topological polar surface area (TPSA) is 66.0 Å². The third kappa shape index (κ3) is 3.01. The van der Waals surface area contributed by atoms with Crippen LogP contribution < -0.4 is 5.73 Å². The van der Waals surface area contributed by atoms with Gasteiger partial charge in [-0.2, -0.15) is 0 Å². The highest BCUT2D eigenvalue weighted by Crippen LogP contribution is 2.37. The Bertz CT molecular complexity index is 743. The highest BCUT2D eigenvalue weighted by Gasteiger charge is 2.32. The summed E-state index contributed by atoms with van der Waals surface area (Å²) in [5, 5.41) is 7.63. The van der Waals surface area contributed by atoms with Gasteiger partial charge in [0, 0.05) is 30.2 Å². The number of rotatable bonds is 4. The van der Waals surface area contributed by atoms with Gasteiger partial charge in [0.05, 0.1) is 18.3 Å². The van der Waals surface area contributed by atoms with Crippen LogP contribution in [-0.2, 0) is 6.42 Å². The molecule has 6 heteroatoms. The number of anilines is 1. The summed E-state index contributed by atoms with van der Waals surface area (Å²) >= 11 is 0. The molecule has 1 aromatic heterocycles. The van der Waals surface area contributed by atoms with Crippen molar-refractivity contribution < 1.29 is 8.78 Å². The molecule has 0 amide bonds. The molecule has 126 valence electrons. The van der Waals surface area contributed by atoms with E-state index >= 15 is 0 Å². The molecule has 0 radical (unpaired) electrons. The van der Waals surface area contributed by atoms with E-state index in [1.807, 2.05) is 25.1 Å². The molecule has 0 spiro atoms. The number of fused-ring (bicyclic) bond motifs is 1. The van der Waals surface area contributed by atoms with E-state index in [1.165, 1.54) is 6.21 Å². The van der Waals surface area contributed by atoms with Crippen molar-refractivity contribution in [1.29, 1.82) is 5.41 Å². The summed E-state index contributed by atoms with van der Waals surface area (Å²) < 4.78 is 26.1. The van der Waals surface area contributed by atoms with E-state index in [0.717, 1.165) is 22.4 Å². The van der Waals surface area contributed by atoms with Gasteiger partial charge in [-0.15, -0.1) is 0 Å². The highest BCUT2D eigenvalue weighted by atomic mass is 19.3. The zero-order chi connectivity index (χ0) is 17.3. The Hall–Kier alpha value is -2.34. The Morgan fingerprint density at radius 3 is 2.79 bits per heavy atom. The van der Waals surface area contributed by atoms with Crippen LogP contribution in [0.3, 0.4) is 0 Å². The molecule has 1 aliphatic heterocycles. The van der Waals surface area contributed by atoms with E-state index in [4.69, 9.17) is 11.1 Å². The summed E-state index contributed by atoms with van der Waals surface area (Å²) in [7, 11) is 0. The number of hydrogen-bond acceptors (Lipinski definition) is 4. The normalized spacial score (nSPS) is 17.8. The molecule has 1 atom stereocenters. The third-order valence-electron chi connectivity index (χ3n) is 4.47. The van der Waals surface area contributed by atoms with Crippen LogP contribution >= 0.6 is 0 Å². The van der Waals surface area contributed by atoms with Gasteiger partial charge in [-0.1, -0.05) is 12.1 Å². The van der Waals surface area contributed by atoms with Gasteiger partial charge in [0.15, 0.2) is 0 Å². The van der Waals surface area contributed by atoms with Crippen molar-refractivity contribution in [1.82, 2.24) is 9.88 Å². The molecular weight excluding hydrogens is 310 g/mol. The molecule has 3 N–H and O–H groups in total. The first-order valence-corrected chi connectivity index (χ1v) is 7.87. The molecule has 3 rings (SSSR count). The lowest BCUT2D eigenvalue weighted by molar-refractivity contribution is 0.0695. The number of aryl methyl sites for hydroxylation is 1. The molecule has 2 heterocycles. The smallest absolute Gasteiger partial charge is 0.251 e. The first-order valence-electron chi connectivity index (χ1n) is 7.87. The van der Waals surface area contributed by atoms with E-state index in [-0.39, 0.29) is 12.6 Å². The van der Waals surface area contributed by atoms with Crippen LogP contribution in [0.4, 0.5) is 14.5 Å². The van der Waals surface area contributed by atoms with Crippen LogP contribution in [0.2, 0.25) is 0 Å². The van der Waals surface area contributed by atoms with Crippen molar-refractivity contribution in [3.63, 3.8) is 0 Å². The minimum Gasteiger partial charge on any atom is -0.398 e. The number of aromatic nitrogens is 1. The SMILES string of the molecule is Cc1ccc(C2c3ccc(N)c(C=N)c3CCN2CC(F)F)nc1. The monoisotopic (exact) mass is 330 g/mol. The van der Waals surface area contributed by atoms with Crippen LogP contribution in [0.25, 0.3) is 0 Å². The Kier molecular flexibility index (Phi) is 4.57. The second-order valence-electron chi connectivity index (χ2n) is 6.08. The fourth-order valence-corrected chi connectivity index (χ4v) is 3.35. The molecule has 1 unspecified atom stereocenters. The summed E-state index contributed by atoms with van der Waals surface area (Å²) in [6, 6.07) is 7.09. The van der Waals surface area contributed by atoms with Gasteiger partial charge in [0.25, 0.3) is 6.43 Å². The van der Waals surface area contributed by atoms with Crippen LogP contribution in [0.5, 0.6) is 0 Å². The van der Waals surface area contributed by atoms with Gasteiger partial charge in [-0.25, -0.2) is 8.78 Å². The second kappa shape index (κ2) is 6.65. The van der Waals surface area contributed by atoms with Crippen molar-refractivity contribution >= 4 is 11.9 Å². The fraction of sp³-hybridized carbons (Fsp3) is 0.333. The van der Waals surface area contributed by atoms with Crippen LogP contribution in [0.1, 0.15) is 34.0 Å². The van der Waals surface area contributed by atoms with Crippen LogP contribution in [0.15, 0.2) is 30.5 Å². The number of nitrogen functional groups attached to an aromatic ring is 1. The quantitative estimate of drug-likeness (QED) is 0.668. The molecular formula is C18H20F2N4. The predicted molar refractivity (Wildman–Crippen MR) is 90.8 cm³/mol. The fourth-order valence-electron chi connectivity index (χ4n) is 3.35. The number of pyridine rings is 1. The number of nitrogens with one attached hydrogen (secondary N) is 1. The average molecular weight is 330 g/mol. The minimum atomic E-state index is -2.41. The Morgan fingerprint density at radius 2 is 2.17 bits per heavy atom. The van der Waals surface area contributed by atoms with Crippen molar-refractivity contribution in [2.45, 2.75) is 25.8 Å². The molecule has 0 saturated heterocycles. The van der Waals surface area contributed by atoms with Gasteiger partial charge < -0.3 is 11.1 Å². The van der Waals surface area contributed by atoms with Gasteiger partial charge >= 0.3 is 0 Å². The Balaban J connectivity index is 2.13. The second-order valence-corrected chi connectivity index (χ2v) is 6.08. The maximum atomic E-state index is 13.0. The number of halogens is 2.